The van der Waals surface area contributed by atoms with E-state index < -0.39 is 5.60 Å². The van der Waals surface area contributed by atoms with Crippen LogP contribution in [0.15, 0.2) is 0 Å². The van der Waals surface area contributed by atoms with Gasteiger partial charge in [0.05, 0.1) is 12.2 Å². The Morgan fingerprint density at radius 3 is 2.88 bits per heavy atom. The van der Waals surface area contributed by atoms with E-state index >= 15 is 0 Å². The van der Waals surface area contributed by atoms with Crippen molar-refractivity contribution < 1.29 is 9.84 Å². The van der Waals surface area contributed by atoms with E-state index in [2.05, 4.69) is 5.32 Å². The number of nitrogens with one attached hydrogen (secondary N) is 1. The molecular formula is C13H25NO2. The van der Waals surface area contributed by atoms with Gasteiger partial charge in [-0.3, -0.25) is 0 Å². The van der Waals surface area contributed by atoms with Crippen molar-refractivity contribution in [3.63, 3.8) is 0 Å². The molecule has 0 radical (unpaired) electrons. The molecule has 3 nitrogen and oxygen atoms in total. The molecule has 3 heteroatoms. The van der Waals surface area contributed by atoms with Crippen LogP contribution in [0.3, 0.4) is 0 Å². The highest BCUT2D eigenvalue weighted by atomic mass is 16.5. The van der Waals surface area contributed by atoms with Crippen LogP contribution in [0.25, 0.3) is 0 Å². The molecule has 0 bridgehead atoms. The maximum Gasteiger partial charge on any atom is 0.0827 e. The van der Waals surface area contributed by atoms with Gasteiger partial charge in [-0.25, -0.2) is 0 Å². The van der Waals surface area contributed by atoms with Crippen LogP contribution < -0.4 is 5.32 Å². The van der Waals surface area contributed by atoms with Gasteiger partial charge in [0.2, 0.25) is 0 Å². The van der Waals surface area contributed by atoms with E-state index in [1.54, 1.807) is 7.11 Å². The normalized spacial score (nSPS) is 39.4. The zero-order valence-corrected chi connectivity index (χ0v) is 10.4. The minimum atomic E-state index is -0.426. The van der Waals surface area contributed by atoms with Crippen LogP contribution in [-0.2, 0) is 4.74 Å². The third kappa shape index (κ3) is 2.41. The molecule has 0 spiro atoms. The van der Waals surface area contributed by atoms with Crippen LogP contribution in [0, 0.1) is 5.92 Å². The van der Waals surface area contributed by atoms with E-state index in [1.165, 1.54) is 32.1 Å². The lowest BCUT2D eigenvalue weighted by atomic mass is 9.65. The molecule has 0 aromatic rings. The van der Waals surface area contributed by atoms with E-state index in [0.717, 1.165) is 26.0 Å². The van der Waals surface area contributed by atoms with Crippen LogP contribution in [0.5, 0.6) is 0 Å². The minimum absolute atomic E-state index is 0.293. The minimum Gasteiger partial charge on any atom is -0.388 e. The molecule has 16 heavy (non-hydrogen) atoms. The molecule has 0 saturated heterocycles. The Morgan fingerprint density at radius 1 is 1.25 bits per heavy atom. The molecule has 2 aliphatic rings. The third-order valence-corrected chi connectivity index (χ3v) is 4.43. The Labute approximate surface area is 98.6 Å². The molecule has 0 unspecified atom stereocenters. The SMILES string of the molecule is COCCN[C@H]1CCC[C@H]2CCCC[C@@]21O. The van der Waals surface area contributed by atoms with E-state index in [9.17, 15) is 5.11 Å². The second-order valence-corrected chi connectivity index (χ2v) is 5.36. The Bertz CT molecular complexity index is 220. The van der Waals surface area contributed by atoms with Gasteiger partial charge >= 0.3 is 0 Å². The number of aliphatic hydroxyl groups is 1. The Morgan fingerprint density at radius 2 is 2.06 bits per heavy atom. The summed E-state index contributed by atoms with van der Waals surface area (Å²) >= 11 is 0. The molecule has 0 heterocycles. The first kappa shape index (κ1) is 12.3. The lowest BCUT2D eigenvalue weighted by Gasteiger charge is -2.49. The van der Waals surface area contributed by atoms with Gasteiger partial charge in [0.15, 0.2) is 0 Å². The largest absolute Gasteiger partial charge is 0.388 e. The monoisotopic (exact) mass is 227 g/mol. The third-order valence-electron chi connectivity index (χ3n) is 4.43. The highest BCUT2D eigenvalue weighted by Gasteiger charge is 2.46. The quantitative estimate of drug-likeness (QED) is 0.718. The number of ether oxygens (including phenoxy) is 1. The predicted octanol–water partition coefficient (Wildman–Crippen LogP) is 1.70. The number of rotatable bonds is 4. The second kappa shape index (κ2) is 5.48. The highest BCUT2D eigenvalue weighted by Crippen LogP contribution is 2.43. The van der Waals surface area contributed by atoms with Crippen molar-refractivity contribution in [1.29, 1.82) is 0 Å². The van der Waals surface area contributed by atoms with Gasteiger partial charge in [0, 0.05) is 19.7 Å². The first-order chi connectivity index (χ1) is 7.77. The van der Waals surface area contributed by atoms with Gasteiger partial charge in [-0.05, 0) is 31.6 Å². The van der Waals surface area contributed by atoms with Crippen molar-refractivity contribution in [2.45, 2.75) is 56.6 Å². The van der Waals surface area contributed by atoms with E-state index in [-0.39, 0.29) is 0 Å². The summed E-state index contributed by atoms with van der Waals surface area (Å²) in [6.07, 6.45) is 8.31. The Hall–Kier alpha value is -0.120. The average molecular weight is 227 g/mol. The summed E-state index contributed by atoms with van der Waals surface area (Å²) in [5.74, 6) is 0.537. The summed E-state index contributed by atoms with van der Waals surface area (Å²) in [7, 11) is 1.72. The van der Waals surface area contributed by atoms with Crippen molar-refractivity contribution in [2.24, 2.45) is 5.92 Å². The van der Waals surface area contributed by atoms with Gasteiger partial charge in [-0.2, -0.15) is 0 Å². The number of hydrogen-bond acceptors (Lipinski definition) is 3. The molecule has 0 aromatic heterocycles. The summed E-state index contributed by atoms with van der Waals surface area (Å²) in [5.41, 5.74) is -0.426. The molecule has 94 valence electrons. The molecule has 0 aliphatic heterocycles. The van der Waals surface area contributed by atoms with Gasteiger partial charge in [0.1, 0.15) is 0 Å². The maximum absolute atomic E-state index is 10.8. The number of fused-ring (bicyclic) bond motifs is 1. The fourth-order valence-corrected chi connectivity index (χ4v) is 3.54. The summed E-state index contributed by atoms with van der Waals surface area (Å²) in [6.45, 7) is 1.59. The van der Waals surface area contributed by atoms with Crippen LogP contribution in [0.2, 0.25) is 0 Å². The van der Waals surface area contributed by atoms with Crippen molar-refractivity contribution in [1.82, 2.24) is 5.32 Å². The Kier molecular flexibility index (Phi) is 4.22. The molecule has 2 fully saturated rings. The zero-order chi connectivity index (χ0) is 11.4. The average Bonchev–Trinajstić information content (AvgIpc) is 2.30. The van der Waals surface area contributed by atoms with Gasteiger partial charge < -0.3 is 15.2 Å². The zero-order valence-electron chi connectivity index (χ0n) is 10.4. The molecule has 0 aromatic carbocycles. The maximum atomic E-state index is 10.8. The molecule has 0 amide bonds. The molecule has 2 N–H and O–H groups in total. The molecule has 2 aliphatic carbocycles. The van der Waals surface area contributed by atoms with Gasteiger partial charge in [-0.15, -0.1) is 0 Å². The first-order valence-electron chi connectivity index (χ1n) is 6.72. The lowest BCUT2D eigenvalue weighted by molar-refractivity contribution is -0.0991. The van der Waals surface area contributed by atoms with E-state index in [0.29, 0.717) is 12.0 Å². The fourth-order valence-electron chi connectivity index (χ4n) is 3.54. The van der Waals surface area contributed by atoms with Gasteiger partial charge in [-0.1, -0.05) is 19.3 Å². The fraction of sp³-hybridized carbons (Fsp3) is 1.00. The second-order valence-electron chi connectivity index (χ2n) is 5.36. The smallest absolute Gasteiger partial charge is 0.0827 e. The summed E-state index contributed by atoms with van der Waals surface area (Å²) in [5, 5.41) is 14.3. The first-order valence-corrected chi connectivity index (χ1v) is 6.72. The topological polar surface area (TPSA) is 41.5 Å². The lowest BCUT2D eigenvalue weighted by Crippen LogP contribution is -2.59. The molecular weight excluding hydrogens is 202 g/mol. The van der Waals surface area contributed by atoms with Crippen LogP contribution >= 0.6 is 0 Å². The molecule has 3 atom stereocenters. The standard InChI is InChI=1S/C13H25NO2/c1-16-10-9-14-12-7-4-6-11-5-2-3-8-13(11,12)15/h11-12,14-15H,2-10H2,1H3/t11-,12+,13-/m1/s1. The van der Waals surface area contributed by atoms with Crippen molar-refractivity contribution >= 4 is 0 Å². The van der Waals surface area contributed by atoms with Crippen molar-refractivity contribution in [3.8, 4) is 0 Å². The van der Waals surface area contributed by atoms with Crippen LogP contribution in [0.1, 0.15) is 44.9 Å². The van der Waals surface area contributed by atoms with Crippen molar-refractivity contribution in [2.75, 3.05) is 20.3 Å². The van der Waals surface area contributed by atoms with E-state index in [4.69, 9.17) is 4.74 Å². The summed E-state index contributed by atoms with van der Waals surface area (Å²) in [4.78, 5) is 0. The number of methoxy groups -OCH3 is 1. The Balaban J connectivity index is 1.94. The van der Waals surface area contributed by atoms with Crippen LogP contribution in [0.4, 0.5) is 0 Å². The van der Waals surface area contributed by atoms with Crippen molar-refractivity contribution in [3.05, 3.63) is 0 Å². The molecule has 2 saturated carbocycles. The predicted molar refractivity (Wildman–Crippen MR) is 64.4 cm³/mol. The molecule has 2 rings (SSSR count). The van der Waals surface area contributed by atoms with E-state index in [1.807, 2.05) is 0 Å². The summed E-state index contributed by atoms with van der Waals surface area (Å²) < 4.78 is 5.06. The van der Waals surface area contributed by atoms with Gasteiger partial charge in [0.25, 0.3) is 0 Å². The highest BCUT2D eigenvalue weighted by molar-refractivity contribution is 5.01. The summed E-state index contributed by atoms with van der Waals surface area (Å²) in [6, 6.07) is 0.293. The van der Waals surface area contributed by atoms with Crippen LogP contribution in [-0.4, -0.2) is 37.0 Å². The number of hydrogen-bond donors (Lipinski definition) is 2.